The third-order valence-corrected chi connectivity index (χ3v) is 5.15. The highest BCUT2D eigenvalue weighted by Crippen LogP contribution is 2.46. The van der Waals surface area contributed by atoms with Gasteiger partial charge in [-0.25, -0.2) is 18.9 Å². The van der Waals surface area contributed by atoms with Crippen LogP contribution in [0.4, 0.5) is 10.2 Å². The van der Waals surface area contributed by atoms with Gasteiger partial charge < -0.3 is 15.4 Å². The zero-order chi connectivity index (χ0) is 18.4. The van der Waals surface area contributed by atoms with Gasteiger partial charge in [-0.1, -0.05) is 0 Å². The highest BCUT2D eigenvalue weighted by molar-refractivity contribution is 5.99. The SMILES string of the molecule is O=C1NCCOc2ncc(F)cc2C2(CCC2)Nc2ccn3ncc1c3n2. The summed E-state index contributed by atoms with van der Waals surface area (Å²) in [6, 6.07) is 3.25. The molecule has 0 atom stereocenters. The first-order valence-corrected chi connectivity index (χ1v) is 8.84. The monoisotopic (exact) mass is 368 g/mol. The number of fused-ring (bicyclic) bond motifs is 3. The van der Waals surface area contributed by atoms with Gasteiger partial charge in [0.15, 0.2) is 5.65 Å². The van der Waals surface area contributed by atoms with Gasteiger partial charge in [-0.2, -0.15) is 5.10 Å². The predicted molar refractivity (Wildman–Crippen MR) is 94.2 cm³/mol. The van der Waals surface area contributed by atoms with Crippen LogP contribution in [0.1, 0.15) is 35.2 Å². The molecule has 2 aliphatic rings. The molecule has 138 valence electrons. The summed E-state index contributed by atoms with van der Waals surface area (Å²) in [6.07, 6.45) is 7.00. The van der Waals surface area contributed by atoms with Gasteiger partial charge >= 0.3 is 0 Å². The number of carbonyl (C=O) groups excluding carboxylic acids is 1. The van der Waals surface area contributed by atoms with Crippen LogP contribution in [0.3, 0.4) is 0 Å². The maximum atomic E-state index is 14.0. The van der Waals surface area contributed by atoms with Crippen molar-refractivity contribution in [3.63, 3.8) is 0 Å². The Morgan fingerprint density at radius 1 is 1.30 bits per heavy atom. The highest BCUT2D eigenvalue weighted by Gasteiger charge is 2.42. The number of amides is 1. The van der Waals surface area contributed by atoms with Gasteiger partial charge in [0.05, 0.1) is 24.5 Å². The van der Waals surface area contributed by atoms with E-state index >= 15 is 0 Å². The molecule has 3 aromatic heterocycles. The maximum absolute atomic E-state index is 14.0. The fourth-order valence-corrected chi connectivity index (χ4v) is 3.63. The average molecular weight is 368 g/mol. The summed E-state index contributed by atoms with van der Waals surface area (Å²) < 4.78 is 21.3. The molecule has 1 fully saturated rings. The maximum Gasteiger partial charge on any atom is 0.256 e. The van der Waals surface area contributed by atoms with E-state index in [9.17, 15) is 9.18 Å². The molecule has 8 nitrogen and oxygen atoms in total. The second-order valence-corrected chi connectivity index (χ2v) is 6.81. The largest absolute Gasteiger partial charge is 0.476 e. The highest BCUT2D eigenvalue weighted by atomic mass is 19.1. The molecule has 4 heterocycles. The summed E-state index contributed by atoms with van der Waals surface area (Å²) in [6.45, 7) is 0.512. The number of anilines is 1. The number of hydrogen-bond donors (Lipinski definition) is 2. The summed E-state index contributed by atoms with van der Waals surface area (Å²) in [4.78, 5) is 21.2. The molecule has 5 rings (SSSR count). The van der Waals surface area contributed by atoms with Crippen LogP contribution >= 0.6 is 0 Å². The summed E-state index contributed by atoms with van der Waals surface area (Å²) >= 11 is 0. The Bertz CT molecular complexity index is 1050. The van der Waals surface area contributed by atoms with Crippen LogP contribution in [0.25, 0.3) is 5.65 Å². The third-order valence-electron chi connectivity index (χ3n) is 5.15. The topological polar surface area (TPSA) is 93.4 Å². The lowest BCUT2D eigenvalue weighted by molar-refractivity contribution is 0.0947. The number of hydrogen-bond acceptors (Lipinski definition) is 6. The van der Waals surface area contributed by atoms with Crippen LogP contribution in [0.2, 0.25) is 0 Å². The van der Waals surface area contributed by atoms with Crippen molar-refractivity contribution in [2.24, 2.45) is 0 Å². The van der Waals surface area contributed by atoms with E-state index < -0.39 is 11.4 Å². The van der Waals surface area contributed by atoms with E-state index in [0.717, 1.165) is 25.5 Å². The molecule has 1 spiro atoms. The van der Waals surface area contributed by atoms with Crippen molar-refractivity contribution in [2.75, 3.05) is 18.5 Å². The first-order valence-electron chi connectivity index (χ1n) is 8.84. The quantitative estimate of drug-likeness (QED) is 0.629. The Labute approximate surface area is 153 Å². The van der Waals surface area contributed by atoms with Gasteiger partial charge in [-0.15, -0.1) is 0 Å². The number of ether oxygens (including phenoxy) is 1. The molecule has 0 radical (unpaired) electrons. The van der Waals surface area contributed by atoms with Crippen LogP contribution < -0.4 is 15.4 Å². The third kappa shape index (κ3) is 2.57. The number of halogens is 1. The molecule has 3 aromatic rings. The van der Waals surface area contributed by atoms with Gasteiger partial charge in [-0.05, 0) is 31.4 Å². The summed E-state index contributed by atoms with van der Waals surface area (Å²) in [5.41, 5.74) is 1.03. The van der Waals surface area contributed by atoms with Gasteiger partial charge in [0.25, 0.3) is 5.91 Å². The van der Waals surface area contributed by atoms with Crippen molar-refractivity contribution in [1.82, 2.24) is 24.9 Å². The van der Waals surface area contributed by atoms with Gasteiger partial charge in [-0.3, -0.25) is 4.79 Å². The number of nitrogens with one attached hydrogen (secondary N) is 2. The minimum atomic E-state index is -0.499. The van der Waals surface area contributed by atoms with Crippen LogP contribution in [0.15, 0.2) is 30.7 Å². The Kier molecular flexibility index (Phi) is 3.49. The second-order valence-electron chi connectivity index (χ2n) is 6.81. The molecule has 1 amide bonds. The fraction of sp³-hybridized carbons (Fsp3) is 0.333. The summed E-state index contributed by atoms with van der Waals surface area (Å²) in [5.74, 6) is 0.278. The van der Waals surface area contributed by atoms with Crippen molar-refractivity contribution in [2.45, 2.75) is 24.8 Å². The molecule has 9 heteroatoms. The zero-order valence-electron chi connectivity index (χ0n) is 14.4. The van der Waals surface area contributed by atoms with Crippen molar-refractivity contribution in [3.8, 4) is 5.88 Å². The number of carbonyl (C=O) groups is 1. The number of rotatable bonds is 0. The molecule has 1 aliphatic carbocycles. The number of aromatic nitrogens is 4. The van der Waals surface area contributed by atoms with E-state index in [4.69, 9.17) is 4.74 Å². The standard InChI is InChI=1S/C18H17FN6O2/c19-11-8-13-17(21-9-11)27-7-5-20-16(26)12-10-22-25-6-2-14(23-15(12)25)24-18(13)3-1-4-18/h2,6,8-10H,1,3-5,7H2,(H,20,26)(H,23,24). The van der Waals surface area contributed by atoms with E-state index in [1.54, 1.807) is 16.8 Å². The lowest BCUT2D eigenvalue weighted by Gasteiger charge is -2.43. The lowest BCUT2D eigenvalue weighted by Crippen LogP contribution is -2.43. The zero-order valence-corrected chi connectivity index (χ0v) is 14.4. The van der Waals surface area contributed by atoms with Crippen molar-refractivity contribution in [1.29, 1.82) is 0 Å². The lowest BCUT2D eigenvalue weighted by atomic mass is 9.72. The van der Waals surface area contributed by atoms with E-state index in [1.807, 2.05) is 0 Å². The summed E-state index contributed by atoms with van der Waals surface area (Å²) in [5, 5.41) is 10.4. The van der Waals surface area contributed by atoms with Crippen molar-refractivity contribution < 1.29 is 13.9 Å². The second kappa shape index (κ2) is 5.90. The van der Waals surface area contributed by atoms with E-state index in [1.165, 1.54) is 12.3 Å². The molecule has 27 heavy (non-hydrogen) atoms. The average Bonchev–Trinajstić information content (AvgIpc) is 3.05. The molecular formula is C18H17FN6O2. The minimum Gasteiger partial charge on any atom is -0.476 e. The Hall–Kier alpha value is -3.23. The molecule has 0 saturated heterocycles. The number of nitrogens with zero attached hydrogens (tertiary/aromatic N) is 4. The molecular weight excluding hydrogens is 351 g/mol. The van der Waals surface area contributed by atoms with Crippen LogP contribution in [-0.2, 0) is 5.54 Å². The molecule has 0 unspecified atom stereocenters. The molecule has 1 aliphatic heterocycles. The molecule has 2 N–H and O–H groups in total. The first-order chi connectivity index (χ1) is 13.1. The van der Waals surface area contributed by atoms with E-state index in [0.29, 0.717) is 28.5 Å². The fourth-order valence-electron chi connectivity index (χ4n) is 3.63. The Morgan fingerprint density at radius 3 is 3.00 bits per heavy atom. The van der Waals surface area contributed by atoms with Gasteiger partial charge in [0, 0.05) is 11.8 Å². The Morgan fingerprint density at radius 2 is 2.19 bits per heavy atom. The molecule has 2 bridgehead atoms. The minimum absolute atomic E-state index is 0.225. The smallest absolute Gasteiger partial charge is 0.256 e. The summed E-state index contributed by atoms with van der Waals surface area (Å²) in [7, 11) is 0. The van der Waals surface area contributed by atoms with Gasteiger partial charge in [0.1, 0.15) is 23.8 Å². The van der Waals surface area contributed by atoms with Crippen molar-refractivity contribution in [3.05, 3.63) is 47.7 Å². The van der Waals surface area contributed by atoms with Crippen molar-refractivity contribution >= 4 is 17.4 Å². The van der Waals surface area contributed by atoms with Crippen LogP contribution in [0, 0.1) is 5.82 Å². The van der Waals surface area contributed by atoms with E-state index in [2.05, 4.69) is 25.7 Å². The molecule has 0 aromatic carbocycles. The van der Waals surface area contributed by atoms with E-state index in [-0.39, 0.29) is 19.1 Å². The van der Waals surface area contributed by atoms with Gasteiger partial charge in [0.2, 0.25) is 5.88 Å². The number of pyridine rings is 1. The normalized spacial score (nSPS) is 18.3. The Balaban J connectivity index is 1.66. The first kappa shape index (κ1) is 16.0. The molecule has 1 saturated carbocycles. The predicted octanol–water partition coefficient (Wildman–Crippen LogP) is 1.88. The van der Waals surface area contributed by atoms with Crippen LogP contribution in [0.5, 0.6) is 5.88 Å². The van der Waals surface area contributed by atoms with Crippen LogP contribution in [-0.4, -0.2) is 38.6 Å².